The number of hydrogen-bond donors (Lipinski definition) is 2. The first-order valence-corrected chi connectivity index (χ1v) is 9.38. The topological polar surface area (TPSA) is 56.7 Å². The Morgan fingerprint density at radius 3 is 2.46 bits per heavy atom. The van der Waals surface area contributed by atoms with Crippen LogP contribution in [0.1, 0.15) is 28.4 Å². The molecule has 0 radical (unpaired) electrons. The van der Waals surface area contributed by atoms with Gasteiger partial charge in [0.05, 0.1) is 6.54 Å². The Morgan fingerprint density at radius 2 is 1.85 bits per heavy atom. The number of hydrogen-bond acceptors (Lipinski definition) is 2. The average molecular weight is 417 g/mol. The maximum Gasteiger partial charge on any atom is 0.251 e. The van der Waals surface area contributed by atoms with Crippen LogP contribution in [0, 0.1) is 0 Å². The zero-order valence-corrected chi connectivity index (χ0v) is 17.0. The van der Waals surface area contributed by atoms with Crippen LogP contribution in [0.25, 0.3) is 0 Å². The van der Waals surface area contributed by atoms with E-state index in [1.807, 2.05) is 49.5 Å². The molecule has 0 heterocycles. The van der Waals surface area contributed by atoms with Crippen LogP contribution in [-0.2, 0) is 13.1 Å². The Kier molecular flexibility index (Phi) is 7.66. The third kappa shape index (κ3) is 5.59. The van der Waals surface area contributed by atoms with Crippen LogP contribution in [0.5, 0.6) is 0 Å². The highest BCUT2D eigenvalue weighted by Crippen LogP contribution is 2.17. The third-order valence-electron chi connectivity index (χ3n) is 3.92. The van der Waals surface area contributed by atoms with Crippen molar-refractivity contribution in [2.45, 2.75) is 20.0 Å². The van der Waals surface area contributed by atoms with E-state index in [0.29, 0.717) is 12.1 Å². The molecule has 0 fully saturated rings. The molecule has 0 aliphatic rings. The van der Waals surface area contributed by atoms with Gasteiger partial charge in [-0.15, -0.1) is 0 Å². The van der Waals surface area contributed by atoms with Crippen molar-refractivity contribution in [3.63, 3.8) is 0 Å². The molecule has 26 heavy (non-hydrogen) atoms. The molecule has 0 spiro atoms. The molecule has 0 bridgehead atoms. The highest BCUT2D eigenvalue weighted by Gasteiger charge is 2.09. The molecule has 2 aromatic rings. The van der Waals surface area contributed by atoms with Crippen molar-refractivity contribution in [3.05, 3.63) is 69.7 Å². The molecule has 2 rings (SSSR count). The van der Waals surface area contributed by atoms with E-state index in [1.165, 1.54) is 5.56 Å². The summed E-state index contributed by atoms with van der Waals surface area (Å²) in [6.07, 6.45) is 0. The maximum absolute atomic E-state index is 11.6. The maximum atomic E-state index is 11.6. The molecule has 2 N–H and O–H groups in total. The molecule has 2 aromatic carbocycles. The summed E-state index contributed by atoms with van der Waals surface area (Å²) in [6.45, 7) is 4.16. The number of carbonyl (C=O) groups excluding carboxylic acids is 1. The molecule has 138 valence electrons. The van der Waals surface area contributed by atoms with Gasteiger partial charge in [0.2, 0.25) is 0 Å². The van der Waals surface area contributed by atoms with Gasteiger partial charge in [-0.25, -0.2) is 4.99 Å². The first-order chi connectivity index (χ1) is 12.5. The van der Waals surface area contributed by atoms with Crippen LogP contribution in [-0.4, -0.2) is 37.4 Å². The molecule has 0 aliphatic heterocycles. The van der Waals surface area contributed by atoms with Gasteiger partial charge in [0.1, 0.15) is 0 Å². The van der Waals surface area contributed by atoms with E-state index in [1.54, 1.807) is 7.05 Å². The molecule has 1 amide bonds. The monoisotopic (exact) mass is 416 g/mol. The summed E-state index contributed by atoms with van der Waals surface area (Å²) in [6, 6.07) is 15.7. The highest BCUT2D eigenvalue weighted by molar-refractivity contribution is 9.10. The lowest BCUT2D eigenvalue weighted by atomic mass is 10.1. The van der Waals surface area contributed by atoms with Crippen LogP contribution in [0.3, 0.4) is 0 Å². The number of nitrogens with one attached hydrogen (secondary N) is 2. The summed E-state index contributed by atoms with van der Waals surface area (Å²) in [5.74, 6) is 0.764. The highest BCUT2D eigenvalue weighted by atomic mass is 79.9. The third-order valence-corrected chi connectivity index (χ3v) is 4.69. The van der Waals surface area contributed by atoms with E-state index in [2.05, 4.69) is 44.5 Å². The molecule has 6 heteroatoms. The zero-order valence-electron chi connectivity index (χ0n) is 15.4. The molecule has 0 unspecified atom stereocenters. The van der Waals surface area contributed by atoms with E-state index >= 15 is 0 Å². The van der Waals surface area contributed by atoms with Crippen LogP contribution in [0.2, 0.25) is 0 Å². The average Bonchev–Trinajstić information content (AvgIpc) is 2.66. The number of guanidine groups is 1. The minimum Gasteiger partial charge on any atom is -0.357 e. The molecule has 0 atom stereocenters. The fraction of sp³-hybridized carbons (Fsp3) is 0.300. The van der Waals surface area contributed by atoms with Gasteiger partial charge in [-0.05, 0) is 36.2 Å². The number of benzene rings is 2. The Labute approximate surface area is 163 Å². The molecule has 5 nitrogen and oxygen atoms in total. The van der Waals surface area contributed by atoms with Crippen molar-refractivity contribution in [1.29, 1.82) is 0 Å². The van der Waals surface area contributed by atoms with Crippen molar-refractivity contribution in [1.82, 2.24) is 15.5 Å². The number of rotatable bonds is 6. The first-order valence-electron chi connectivity index (χ1n) is 8.59. The lowest BCUT2D eigenvalue weighted by molar-refractivity contribution is 0.0963. The fourth-order valence-electron chi connectivity index (χ4n) is 2.50. The Balaban J connectivity index is 2.08. The molecule has 0 saturated carbocycles. The Morgan fingerprint density at radius 1 is 1.15 bits per heavy atom. The van der Waals surface area contributed by atoms with Gasteiger partial charge in [-0.2, -0.15) is 0 Å². The summed E-state index contributed by atoms with van der Waals surface area (Å²) in [4.78, 5) is 18.4. The zero-order chi connectivity index (χ0) is 18.9. The minimum atomic E-state index is -0.0819. The van der Waals surface area contributed by atoms with Crippen molar-refractivity contribution < 1.29 is 4.79 Å². The van der Waals surface area contributed by atoms with Gasteiger partial charge in [0, 0.05) is 37.2 Å². The number of carbonyl (C=O) groups is 1. The SMILES string of the molecule is CCNC(=NCc1ccc(C(=O)NC)cc1)N(C)Cc1ccccc1Br. The van der Waals surface area contributed by atoms with Crippen molar-refractivity contribution in [2.75, 3.05) is 20.6 Å². The molecule has 0 aliphatic carbocycles. The second-order valence-electron chi connectivity index (χ2n) is 5.89. The summed E-state index contributed by atoms with van der Waals surface area (Å²) in [7, 11) is 3.65. The Bertz CT molecular complexity index is 759. The van der Waals surface area contributed by atoms with Gasteiger partial charge in [-0.3, -0.25) is 4.79 Å². The van der Waals surface area contributed by atoms with Gasteiger partial charge in [0.15, 0.2) is 5.96 Å². The van der Waals surface area contributed by atoms with Gasteiger partial charge >= 0.3 is 0 Å². The number of nitrogens with zero attached hydrogens (tertiary/aromatic N) is 2. The number of halogens is 1. The van der Waals surface area contributed by atoms with Gasteiger partial charge in [-0.1, -0.05) is 46.3 Å². The Hall–Kier alpha value is -2.34. The predicted molar refractivity (Wildman–Crippen MR) is 110 cm³/mol. The largest absolute Gasteiger partial charge is 0.357 e. The molecular formula is C20H25BrN4O. The van der Waals surface area contributed by atoms with Crippen LogP contribution >= 0.6 is 15.9 Å². The normalized spacial score (nSPS) is 11.2. The second-order valence-corrected chi connectivity index (χ2v) is 6.75. The standard InChI is InChI=1S/C20H25BrN4O/c1-4-23-20(25(3)14-17-7-5-6-8-18(17)21)24-13-15-9-11-16(12-10-15)19(26)22-2/h5-12H,4,13-14H2,1-3H3,(H,22,26)(H,23,24). The molecule has 0 saturated heterocycles. The summed E-state index contributed by atoms with van der Waals surface area (Å²) in [5.41, 5.74) is 2.91. The van der Waals surface area contributed by atoms with Crippen LogP contribution in [0.4, 0.5) is 0 Å². The van der Waals surface area contributed by atoms with E-state index in [9.17, 15) is 4.79 Å². The quantitative estimate of drug-likeness (QED) is 0.560. The lowest BCUT2D eigenvalue weighted by Crippen LogP contribution is -2.38. The van der Waals surface area contributed by atoms with Crippen LogP contribution in [0.15, 0.2) is 58.0 Å². The van der Waals surface area contributed by atoms with Gasteiger partial charge in [0.25, 0.3) is 5.91 Å². The van der Waals surface area contributed by atoms with E-state index in [-0.39, 0.29) is 5.91 Å². The summed E-state index contributed by atoms with van der Waals surface area (Å²) < 4.78 is 1.09. The lowest BCUT2D eigenvalue weighted by Gasteiger charge is -2.22. The van der Waals surface area contributed by atoms with E-state index in [4.69, 9.17) is 4.99 Å². The number of aliphatic imine (C=N–C) groups is 1. The van der Waals surface area contributed by atoms with E-state index < -0.39 is 0 Å². The predicted octanol–water partition coefficient (Wildman–Crippen LogP) is 3.41. The second kappa shape index (κ2) is 9.97. The molecule has 0 aromatic heterocycles. The molecular weight excluding hydrogens is 392 g/mol. The van der Waals surface area contributed by atoms with E-state index in [0.717, 1.165) is 29.1 Å². The van der Waals surface area contributed by atoms with Crippen molar-refractivity contribution in [3.8, 4) is 0 Å². The smallest absolute Gasteiger partial charge is 0.251 e. The van der Waals surface area contributed by atoms with Crippen molar-refractivity contribution >= 4 is 27.8 Å². The summed E-state index contributed by atoms with van der Waals surface area (Å²) in [5, 5.41) is 5.95. The van der Waals surface area contributed by atoms with Crippen LogP contribution < -0.4 is 10.6 Å². The number of amides is 1. The summed E-state index contributed by atoms with van der Waals surface area (Å²) >= 11 is 3.59. The van der Waals surface area contributed by atoms with Gasteiger partial charge < -0.3 is 15.5 Å². The first kappa shape index (κ1) is 20.0. The fourth-order valence-corrected chi connectivity index (χ4v) is 2.91. The minimum absolute atomic E-state index is 0.0819. The van der Waals surface area contributed by atoms with Crippen molar-refractivity contribution in [2.24, 2.45) is 4.99 Å².